The predicted octanol–water partition coefficient (Wildman–Crippen LogP) is 5.37. The van der Waals surface area contributed by atoms with E-state index < -0.39 is 11.7 Å². The Hall–Kier alpha value is -3.08. The Balaban J connectivity index is 2.12. The maximum absolute atomic E-state index is 13.3. The van der Waals surface area contributed by atoms with Crippen LogP contribution >= 0.6 is 0 Å². The molecule has 0 amide bonds. The van der Waals surface area contributed by atoms with Crippen LogP contribution in [0.25, 0.3) is 11.1 Å². The molecule has 0 aliphatic rings. The fraction of sp³-hybridized carbons (Fsp3) is 0.0500. The Bertz CT molecular complexity index is 916. The normalized spacial score (nSPS) is 11.3. The topological polar surface area (TPSA) is 49.9 Å². The van der Waals surface area contributed by atoms with E-state index >= 15 is 0 Å². The molecule has 0 atom stereocenters. The minimum Gasteiger partial charge on any atom is -0.398 e. The molecule has 0 heterocycles. The van der Waals surface area contributed by atoms with Crippen LogP contribution in [0.1, 0.15) is 16.7 Å². The van der Waals surface area contributed by atoms with Crippen LogP contribution < -0.4 is 5.73 Å². The van der Waals surface area contributed by atoms with Gasteiger partial charge in [0.2, 0.25) is 0 Å². The Morgan fingerprint density at radius 1 is 0.840 bits per heavy atom. The molecule has 3 rings (SSSR count). The molecule has 0 aliphatic heterocycles. The molecule has 3 N–H and O–H groups in total. The number of rotatable bonds is 3. The molecule has 0 radical (unpaired) electrons. The number of hydrogen-bond donors (Lipinski definition) is 2. The minimum absolute atomic E-state index is 0.0668. The van der Waals surface area contributed by atoms with Crippen molar-refractivity contribution in [2.75, 3.05) is 5.73 Å². The molecule has 0 aliphatic carbocycles. The Labute approximate surface area is 143 Å². The lowest BCUT2D eigenvalue weighted by molar-refractivity contribution is -0.137. The highest BCUT2D eigenvalue weighted by atomic mass is 19.4. The third kappa shape index (κ3) is 3.40. The van der Waals surface area contributed by atoms with Crippen LogP contribution in [0.4, 0.5) is 18.9 Å². The maximum atomic E-state index is 13.3. The Morgan fingerprint density at radius 3 is 2.16 bits per heavy atom. The molecule has 3 aromatic rings. The summed E-state index contributed by atoms with van der Waals surface area (Å²) in [5.41, 5.74) is 7.27. The van der Waals surface area contributed by atoms with Crippen molar-refractivity contribution >= 4 is 11.4 Å². The molecule has 3 aromatic carbocycles. The van der Waals surface area contributed by atoms with Gasteiger partial charge in [-0.2, -0.15) is 13.2 Å². The number of alkyl halides is 3. The van der Waals surface area contributed by atoms with Crippen LogP contribution in [-0.2, 0) is 6.18 Å². The molecule has 2 nitrogen and oxygen atoms in total. The van der Waals surface area contributed by atoms with Gasteiger partial charge in [-0.15, -0.1) is 0 Å². The maximum Gasteiger partial charge on any atom is 0.417 e. The first-order valence-electron chi connectivity index (χ1n) is 7.58. The van der Waals surface area contributed by atoms with E-state index in [4.69, 9.17) is 11.1 Å². The van der Waals surface area contributed by atoms with E-state index in [0.717, 1.165) is 6.07 Å². The van der Waals surface area contributed by atoms with Crippen molar-refractivity contribution in [2.24, 2.45) is 0 Å². The van der Waals surface area contributed by atoms with Gasteiger partial charge >= 0.3 is 6.18 Å². The SMILES string of the molecule is N=C(c1ccccc1)c1cc(-c2ccccc2C(F)(F)F)ccc1N. The van der Waals surface area contributed by atoms with Crippen molar-refractivity contribution in [3.8, 4) is 11.1 Å². The van der Waals surface area contributed by atoms with E-state index in [9.17, 15) is 13.2 Å². The van der Waals surface area contributed by atoms with E-state index in [-0.39, 0.29) is 11.3 Å². The van der Waals surface area contributed by atoms with Crippen molar-refractivity contribution < 1.29 is 13.2 Å². The molecular formula is C20H15F3N2. The first kappa shape index (κ1) is 16.8. The summed E-state index contributed by atoms with van der Waals surface area (Å²) in [4.78, 5) is 0. The average Bonchev–Trinajstić information content (AvgIpc) is 2.61. The summed E-state index contributed by atoms with van der Waals surface area (Å²) in [6, 6.07) is 18.9. The number of hydrogen-bond acceptors (Lipinski definition) is 2. The second-order valence-corrected chi connectivity index (χ2v) is 5.59. The second kappa shape index (κ2) is 6.43. The van der Waals surface area contributed by atoms with Gasteiger partial charge in [0.1, 0.15) is 0 Å². The molecule has 0 fully saturated rings. The van der Waals surface area contributed by atoms with Crippen LogP contribution in [0.15, 0.2) is 72.8 Å². The summed E-state index contributed by atoms with van der Waals surface area (Å²) in [7, 11) is 0. The van der Waals surface area contributed by atoms with Gasteiger partial charge in [0.05, 0.1) is 11.3 Å². The average molecular weight is 340 g/mol. The summed E-state index contributed by atoms with van der Waals surface area (Å²) in [5, 5.41) is 8.35. The van der Waals surface area contributed by atoms with Crippen molar-refractivity contribution in [3.05, 3.63) is 89.5 Å². The number of benzene rings is 3. The van der Waals surface area contributed by atoms with E-state index in [2.05, 4.69) is 0 Å². The van der Waals surface area contributed by atoms with Crippen LogP contribution in [0.3, 0.4) is 0 Å². The zero-order valence-corrected chi connectivity index (χ0v) is 13.1. The summed E-state index contributed by atoms with van der Waals surface area (Å²) < 4.78 is 39.8. The highest BCUT2D eigenvalue weighted by Gasteiger charge is 2.33. The molecule has 5 heteroatoms. The van der Waals surface area contributed by atoms with Gasteiger partial charge in [-0.05, 0) is 29.3 Å². The lowest BCUT2D eigenvalue weighted by atomic mass is 9.94. The fourth-order valence-corrected chi connectivity index (χ4v) is 2.68. The standard InChI is InChI=1S/C20H15F3N2/c21-20(22,23)17-9-5-4-8-15(17)14-10-11-18(24)16(12-14)19(25)13-6-2-1-3-7-13/h1-12,25H,24H2. The first-order chi connectivity index (χ1) is 11.9. The number of nitrogen functional groups attached to an aromatic ring is 1. The Morgan fingerprint density at radius 2 is 1.48 bits per heavy atom. The molecule has 25 heavy (non-hydrogen) atoms. The Kier molecular flexibility index (Phi) is 4.31. The fourth-order valence-electron chi connectivity index (χ4n) is 2.68. The van der Waals surface area contributed by atoms with Crippen LogP contribution in [-0.4, -0.2) is 5.71 Å². The third-order valence-corrected chi connectivity index (χ3v) is 3.93. The summed E-state index contributed by atoms with van der Waals surface area (Å²) in [5.74, 6) is 0. The smallest absolute Gasteiger partial charge is 0.398 e. The molecule has 0 bridgehead atoms. The van der Waals surface area contributed by atoms with Gasteiger partial charge in [0.15, 0.2) is 0 Å². The third-order valence-electron chi connectivity index (χ3n) is 3.93. The molecule has 0 aromatic heterocycles. The predicted molar refractivity (Wildman–Crippen MR) is 93.7 cm³/mol. The molecule has 0 spiro atoms. The van der Waals surface area contributed by atoms with Gasteiger partial charge in [-0.1, -0.05) is 54.6 Å². The number of anilines is 1. The monoisotopic (exact) mass is 340 g/mol. The van der Waals surface area contributed by atoms with Crippen LogP contribution in [0, 0.1) is 5.41 Å². The lowest BCUT2D eigenvalue weighted by Gasteiger charge is -2.15. The van der Waals surface area contributed by atoms with Crippen molar-refractivity contribution in [1.29, 1.82) is 5.41 Å². The van der Waals surface area contributed by atoms with Gasteiger partial charge in [-0.3, -0.25) is 5.41 Å². The molecule has 0 unspecified atom stereocenters. The van der Waals surface area contributed by atoms with Crippen molar-refractivity contribution in [1.82, 2.24) is 0 Å². The van der Waals surface area contributed by atoms with Gasteiger partial charge in [0.25, 0.3) is 0 Å². The zero-order chi connectivity index (χ0) is 18.0. The highest BCUT2D eigenvalue weighted by Crippen LogP contribution is 2.37. The quantitative estimate of drug-likeness (QED) is 0.489. The van der Waals surface area contributed by atoms with E-state index in [1.165, 1.54) is 24.3 Å². The summed E-state index contributed by atoms with van der Waals surface area (Å²) in [6.45, 7) is 0. The number of nitrogens with one attached hydrogen (secondary N) is 1. The molecular weight excluding hydrogens is 325 g/mol. The zero-order valence-electron chi connectivity index (χ0n) is 13.1. The van der Waals surface area contributed by atoms with Crippen molar-refractivity contribution in [2.45, 2.75) is 6.18 Å². The molecule has 0 saturated carbocycles. The van der Waals surface area contributed by atoms with Gasteiger partial charge < -0.3 is 5.73 Å². The number of nitrogens with two attached hydrogens (primary N) is 1. The van der Waals surface area contributed by atoms with Gasteiger partial charge in [0, 0.05) is 16.8 Å². The highest BCUT2D eigenvalue weighted by molar-refractivity contribution is 6.14. The number of halogens is 3. The van der Waals surface area contributed by atoms with Gasteiger partial charge in [-0.25, -0.2) is 0 Å². The van der Waals surface area contributed by atoms with E-state index in [1.807, 2.05) is 6.07 Å². The summed E-state index contributed by atoms with van der Waals surface area (Å²) in [6.07, 6.45) is -4.45. The molecule has 126 valence electrons. The van der Waals surface area contributed by atoms with Crippen molar-refractivity contribution in [3.63, 3.8) is 0 Å². The summed E-state index contributed by atoms with van der Waals surface area (Å²) >= 11 is 0. The van der Waals surface area contributed by atoms with E-state index in [0.29, 0.717) is 22.4 Å². The largest absolute Gasteiger partial charge is 0.417 e. The van der Waals surface area contributed by atoms with Crippen LogP contribution in [0.2, 0.25) is 0 Å². The van der Waals surface area contributed by atoms with E-state index in [1.54, 1.807) is 36.4 Å². The van der Waals surface area contributed by atoms with Crippen LogP contribution in [0.5, 0.6) is 0 Å². The second-order valence-electron chi connectivity index (χ2n) is 5.59. The molecule has 0 saturated heterocycles. The first-order valence-corrected chi connectivity index (χ1v) is 7.58. The lowest BCUT2D eigenvalue weighted by Crippen LogP contribution is -2.08. The minimum atomic E-state index is -4.45.